The van der Waals surface area contributed by atoms with Gasteiger partial charge in [0.15, 0.2) is 5.78 Å². The Balaban J connectivity index is 1.78. The number of nitrogens with zero attached hydrogens (tertiary/aromatic N) is 2. The van der Waals surface area contributed by atoms with Crippen LogP contribution in [0.2, 0.25) is 0 Å². The van der Waals surface area contributed by atoms with E-state index in [1.807, 2.05) is 13.0 Å². The van der Waals surface area contributed by atoms with Crippen LogP contribution in [0, 0.1) is 30.0 Å². The van der Waals surface area contributed by atoms with Crippen molar-refractivity contribution in [3.63, 3.8) is 0 Å². The van der Waals surface area contributed by atoms with Gasteiger partial charge in [0.1, 0.15) is 11.9 Å². The predicted octanol–water partition coefficient (Wildman–Crippen LogP) is 6.00. The molecule has 0 bridgehead atoms. The summed E-state index contributed by atoms with van der Waals surface area (Å²) in [5, 5.41) is 21.6. The second-order valence-corrected chi connectivity index (χ2v) is 10.4. The third-order valence-electron chi connectivity index (χ3n) is 7.13. The van der Waals surface area contributed by atoms with E-state index in [0.29, 0.717) is 27.1 Å². The quantitative estimate of drug-likeness (QED) is 0.304. The molecule has 4 atom stereocenters. The van der Waals surface area contributed by atoms with Crippen LogP contribution in [0.1, 0.15) is 54.2 Å². The lowest BCUT2D eigenvalue weighted by atomic mass is 9.76. The normalized spacial score (nSPS) is 20.4. The number of halogens is 1. The molecule has 1 amide bonds. The molecule has 0 radical (unpaired) electrons. The van der Waals surface area contributed by atoms with Crippen LogP contribution in [0.5, 0.6) is 0 Å². The highest BCUT2D eigenvalue weighted by Gasteiger charge is 2.57. The fourth-order valence-corrected chi connectivity index (χ4v) is 6.13. The van der Waals surface area contributed by atoms with Crippen molar-refractivity contribution < 1.29 is 23.9 Å². The minimum Gasteiger partial charge on any atom is -0.480 e. The molecule has 0 aliphatic carbocycles. The van der Waals surface area contributed by atoms with Crippen LogP contribution in [0.25, 0.3) is 0 Å². The molecule has 5 rings (SSSR count). The maximum atomic E-state index is 14.3. The highest BCUT2D eigenvalue weighted by Crippen LogP contribution is 2.52. The summed E-state index contributed by atoms with van der Waals surface area (Å²) in [5.74, 6) is -4.59. The van der Waals surface area contributed by atoms with Crippen LogP contribution in [0.15, 0.2) is 90.3 Å². The third-order valence-corrected chi connectivity index (χ3v) is 7.99. The van der Waals surface area contributed by atoms with Crippen LogP contribution >= 0.6 is 11.3 Å². The second kappa shape index (κ2) is 10.6. The number of aryl methyl sites for hydroxylation is 1. The Kier molecular flexibility index (Phi) is 7.09. The number of carbonyl (C=O) groups is 3. The Hall–Kier alpha value is -4.61. The molecule has 39 heavy (non-hydrogen) atoms. The van der Waals surface area contributed by atoms with Crippen molar-refractivity contribution >= 4 is 29.0 Å². The van der Waals surface area contributed by atoms with Crippen molar-refractivity contribution in [2.75, 3.05) is 0 Å². The lowest BCUT2D eigenvalue weighted by Crippen LogP contribution is -2.43. The molecular formula is C31H23FN2O4S. The van der Waals surface area contributed by atoms with E-state index in [1.165, 1.54) is 40.5 Å². The molecule has 1 aliphatic heterocycles. The molecule has 194 valence electrons. The standard InChI is InChI=1S/C31H23FN2O4S/c1-18-4-2-5-22(16-18)29(35)26-25(20-11-13-23(32)14-12-20)28(31(37)38)34(30(36)24-6-3-15-39-24)27(26)21-9-7-19(17-33)8-10-21/h2-16,25-28H,1H3,(H,37,38). The van der Waals surface area contributed by atoms with Crippen molar-refractivity contribution in [1.29, 1.82) is 5.26 Å². The molecule has 4 aromatic rings. The highest BCUT2D eigenvalue weighted by molar-refractivity contribution is 7.12. The summed E-state index contributed by atoms with van der Waals surface area (Å²) >= 11 is 1.18. The smallest absolute Gasteiger partial charge is 0.327 e. The van der Waals surface area contributed by atoms with E-state index >= 15 is 0 Å². The first-order chi connectivity index (χ1) is 18.8. The number of benzene rings is 3. The molecule has 0 spiro atoms. The van der Waals surface area contributed by atoms with E-state index < -0.39 is 41.6 Å². The van der Waals surface area contributed by atoms with Gasteiger partial charge in [-0.05, 0) is 59.8 Å². The summed E-state index contributed by atoms with van der Waals surface area (Å²) in [6, 6.07) is 21.9. The first-order valence-electron chi connectivity index (χ1n) is 12.3. The molecule has 4 unspecified atom stereocenters. The lowest BCUT2D eigenvalue weighted by molar-refractivity contribution is -0.142. The zero-order chi connectivity index (χ0) is 27.7. The molecule has 1 N–H and O–H groups in total. The summed E-state index contributed by atoms with van der Waals surface area (Å²) in [7, 11) is 0. The molecule has 1 fully saturated rings. The van der Waals surface area contributed by atoms with Crippen molar-refractivity contribution in [3.05, 3.63) is 129 Å². The van der Waals surface area contributed by atoms with E-state index in [2.05, 4.69) is 6.07 Å². The Morgan fingerprint density at radius 3 is 2.23 bits per heavy atom. The number of amides is 1. The van der Waals surface area contributed by atoms with Gasteiger partial charge >= 0.3 is 5.97 Å². The van der Waals surface area contributed by atoms with E-state index in [-0.39, 0.29) is 5.78 Å². The number of thiophene rings is 1. The second-order valence-electron chi connectivity index (χ2n) is 9.49. The van der Waals surface area contributed by atoms with Crippen LogP contribution in [-0.4, -0.2) is 33.7 Å². The topological polar surface area (TPSA) is 98.5 Å². The Morgan fingerprint density at radius 2 is 1.64 bits per heavy atom. The number of Topliss-reactive ketones (excluding diaryl/α,β-unsaturated/α-hetero) is 1. The molecule has 6 nitrogen and oxygen atoms in total. The highest BCUT2D eigenvalue weighted by atomic mass is 32.1. The van der Waals surface area contributed by atoms with E-state index in [0.717, 1.165) is 5.56 Å². The molecule has 3 aromatic carbocycles. The fourth-order valence-electron chi connectivity index (χ4n) is 5.46. The molecule has 0 saturated carbocycles. The van der Waals surface area contributed by atoms with Crippen LogP contribution < -0.4 is 0 Å². The van der Waals surface area contributed by atoms with E-state index in [1.54, 1.807) is 60.0 Å². The van der Waals surface area contributed by atoms with Gasteiger partial charge in [0.05, 0.1) is 28.5 Å². The van der Waals surface area contributed by atoms with Crippen LogP contribution in [0.3, 0.4) is 0 Å². The molecule has 1 saturated heterocycles. The predicted molar refractivity (Wildman–Crippen MR) is 144 cm³/mol. The first kappa shape index (κ1) is 26.0. The molecule has 1 aliphatic rings. The number of aliphatic carboxylic acids is 1. The van der Waals surface area contributed by atoms with Crippen LogP contribution in [0.4, 0.5) is 4.39 Å². The average molecular weight is 539 g/mol. The number of carboxylic acids is 1. The Morgan fingerprint density at radius 1 is 0.949 bits per heavy atom. The minimum atomic E-state index is -1.41. The first-order valence-corrected chi connectivity index (χ1v) is 13.1. The van der Waals surface area contributed by atoms with Gasteiger partial charge in [-0.1, -0.05) is 54.1 Å². The maximum Gasteiger partial charge on any atom is 0.327 e. The fraction of sp³-hybridized carbons (Fsp3) is 0.161. The van der Waals surface area contributed by atoms with Gasteiger partial charge in [-0.15, -0.1) is 11.3 Å². The lowest BCUT2D eigenvalue weighted by Gasteiger charge is -2.30. The van der Waals surface area contributed by atoms with Gasteiger partial charge in [-0.25, -0.2) is 9.18 Å². The maximum absolute atomic E-state index is 14.3. The number of rotatable bonds is 6. The van der Waals surface area contributed by atoms with Crippen molar-refractivity contribution in [1.82, 2.24) is 4.90 Å². The average Bonchev–Trinajstić information content (AvgIpc) is 3.60. The van der Waals surface area contributed by atoms with Crippen molar-refractivity contribution in [3.8, 4) is 6.07 Å². The number of carbonyl (C=O) groups excluding carboxylic acids is 2. The van der Waals surface area contributed by atoms with Crippen molar-refractivity contribution in [2.45, 2.75) is 24.9 Å². The van der Waals surface area contributed by atoms with Gasteiger partial charge in [-0.3, -0.25) is 9.59 Å². The summed E-state index contributed by atoms with van der Waals surface area (Å²) < 4.78 is 13.9. The number of hydrogen-bond acceptors (Lipinski definition) is 5. The summed E-state index contributed by atoms with van der Waals surface area (Å²) in [6.45, 7) is 1.85. The monoisotopic (exact) mass is 538 g/mol. The van der Waals surface area contributed by atoms with Gasteiger partial charge in [0.25, 0.3) is 5.91 Å². The SMILES string of the molecule is Cc1cccc(C(=O)C2C(c3ccc(F)cc3)C(C(=O)O)N(C(=O)c3cccs3)C2c2ccc(C#N)cc2)c1. The zero-order valence-corrected chi connectivity index (χ0v) is 21.6. The molecular weight excluding hydrogens is 515 g/mol. The summed E-state index contributed by atoms with van der Waals surface area (Å²) in [6.07, 6.45) is 0. The van der Waals surface area contributed by atoms with Gasteiger partial charge in [-0.2, -0.15) is 5.26 Å². The van der Waals surface area contributed by atoms with E-state index in [9.17, 15) is 29.1 Å². The van der Waals surface area contributed by atoms with Crippen LogP contribution in [-0.2, 0) is 4.79 Å². The van der Waals surface area contributed by atoms with Gasteiger partial charge in [0.2, 0.25) is 0 Å². The zero-order valence-electron chi connectivity index (χ0n) is 20.8. The molecule has 2 heterocycles. The summed E-state index contributed by atoms with van der Waals surface area (Å²) in [5.41, 5.74) is 2.60. The molecule has 8 heteroatoms. The van der Waals surface area contributed by atoms with Gasteiger partial charge < -0.3 is 10.0 Å². The van der Waals surface area contributed by atoms with E-state index in [4.69, 9.17) is 0 Å². The number of hydrogen-bond donors (Lipinski definition) is 1. The largest absolute Gasteiger partial charge is 0.480 e. The molecule has 1 aromatic heterocycles. The minimum absolute atomic E-state index is 0.324. The number of nitriles is 1. The Labute approximate surface area is 228 Å². The number of ketones is 1. The number of likely N-dealkylation sites (tertiary alicyclic amines) is 1. The summed E-state index contributed by atoms with van der Waals surface area (Å²) in [4.78, 5) is 42.9. The number of carboxylic acid groups (broad SMARTS) is 1. The Bertz CT molecular complexity index is 1580. The van der Waals surface area contributed by atoms with Gasteiger partial charge in [0, 0.05) is 11.5 Å². The third kappa shape index (κ3) is 4.85. The van der Waals surface area contributed by atoms with Crippen molar-refractivity contribution in [2.24, 2.45) is 5.92 Å².